The highest BCUT2D eigenvalue weighted by atomic mass is 16.6. The fourth-order valence-corrected chi connectivity index (χ4v) is 2.13. The van der Waals surface area contributed by atoms with Crippen LogP contribution in [0.3, 0.4) is 0 Å². The second-order valence-electron chi connectivity index (χ2n) is 4.14. The van der Waals surface area contributed by atoms with Crippen molar-refractivity contribution in [2.24, 2.45) is 0 Å². The molecular weight excluding hydrogens is 294 g/mol. The van der Waals surface area contributed by atoms with Gasteiger partial charge in [-0.25, -0.2) is 0 Å². The summed E-state index contributed by atoms with van der Waals surface area (Å²) in [5.41, 5.74) is 0.570. The van der Waals surface area contributed by atoms with Crippen LogP contribution in [0.4, 0.5) is 0 Å². The summed E-state index contributed by atoms with van der Waals surface area (Å²) in [4.78, 5) is 10.7. The average Bonchev–Trinajstić information content (AvgIpc) is 2.52. The number of hydrogen-bond donors (Lipinski definition) is 2. The van der Waals surface area contributed by atoms with Crippen molar-refractivity contribution < 1.29 is 33.6 Å². The topological polar surface area (TPSA) is 95.5 Å². The molecule has 0 aliphatic heterocycles. The molecule has 0 unspecified atom stereocenters. The van der Waals surface area contributed by atoms with Gasteiger partial charge >= 0.3 is 5.97 Å². The molecule has 8 heteroatoms. The maximum Gasteiger partial charge on any atom is 0.317 e. The molecule has 0 bridgehead atoms. The van der Waals surface area contributed by atoms with Gasteiger partial charge in [0.2, 0.25) is 17.2 Å². The molecular formula is C14H21NO7. The van der Waals surface area contributed by atoms with Crippen molar-refractivity contribution in [2.45, 2.75) is 6.54 Å². The van der Waals surface area contributed by atoms with Crippen LogP contribution in [0.1, 0.15) is 5.56 Å². The quantitative estimate of drug-likeness (QED) is 0.694. The number of aliphatic carboxylic acids is 1. The first-order chi connectivity index (χ1) is 10.5. The zero-order valence-corrected chi connectivity index (χ0v) is 13.3. The van der Waals surface area contributed by atoms with Gasteiger partial charge in [-0.15, -0.1) is 0 Å². The molecule has 0 aromatic heterocycles. The lowest BCUT2D eigenvalue weighted by Gasteiger charge is -2.22. The molecule has 0 amide bonds. The van der Waals surface area contributed by atoms with Gasteiger partial charge in [0.15, 0.2) is 11.5 Å². The molecule has 0 saturated carbocycles. The van der Waals surface area contributed by atoms with Crippen molar-refractivity contribution in [3.63, 3.8) is 0 Å². The van der Waals surface area contributed by atoms with Crippen LogP contribution in [0.15, 0.2) is 0 Å². The van der Waals surface area contributed by atoms with E-state index in [2.05, 4.69) is 5.32 Å². The Labute approximate surface area is 128 Å². The maximum absolute atomic E-state index is 10.7. The Morgan fingerprint density at radius 3 is 1.50 bits per heavy atom. The number of ether oxygens (including phenoxy) is 5. The Kier molecular flexibility index (Phi) is 6.58. The van der Waals surface area contributed by atoms with Crippen LogP contribution in [0.25, 0.3) is 0 Å². The Morgan fingerprint density at radius 1 is 0.818 bits per heavy atom. The molecule has 1 rings (SSSR count). The second kappa shape index (κ2) is 8.18. The Morgan fingerprint density at radius 2 is 1.18 bits per heavy atom. The lowest BCUT2D eigenvalue weighted by Crippen LogP contribution is -2.22. The summed E-state index contributed by atoms with van der Waals surface area (Å²) in [6, 6.07) is 0. The summed E-state index contributed by atoms with van der Waals surface area (Å²) in [5, 5.41) is 11.5. The van der Waals surface area contributed by atoms with Gasteiger partial charge in [-0.3, -0.25) is 4.79 Å². The van der Waals surface area contributed by atoms with Gasteiger partial charge in [0.1, 0.15) is 0 Å². The minimum Gasteiger partial charge on any atom is -0.492 e. The van der Waals surface area contributed by atoms with Crippen molar-refractivity contribution in [2.75, 3.05) is 42.1 Å². The fourth-order valence-electron chi connectivity index (χ4n) is 2.13. The number of carboxylic acid groups (broad SMARTS) is 1. The first-order valence-corrected chi connectivity index (χ1v) is 6.40. The van der Waals surface area contributed by atoms with Crippen molar-refractivity contribution in [3.8, 4) is 28.7 Å². The van der Waals surface area contributed by atoms with E-state index in [0.29, 0.717) is 34.3 Å². The molecule has 124 valence electrons. The molecule has 1 aromatic carbocycles. The first kappa shape index (κ1) is 17.7. The Hall–Kier alpha value is -2.35. The average molecular weight is 315 g/mol. The standard InChI is InChI=1S/C14H21NO7/c1-18-10-8(6-15-7-9(16)17)11(19-2)13(21-4)14(22-5)12(10)20-3/h15H,6-7H2,1-5H3,(H,16,17). The minimum absolute atomic E-state index is 0.190. The number of methoxy groups -OCH3 is 5. The van der Waals surface area contributed by atoms with E-state index in [0.717, 1.165) is 0 Å². The summed E-state index contributed by atoms with van der Waals surface area (Å²) in [5.74, 6) is 0.820. The Bertz CT molecular complexity index is 497. The molecule has 0 aliphatic rings. The molecule has 0 aliphatic carbocycles. The van der Waals surface area contributed by atoms with Gasteiger partial charge in [-0.1, -0.05) is 0 Å². The van der Waals surface area contributed by atoms with E-state index in [1.165, 1.54) is 35.5 Å². The van der Waals surface area contributed by atoms with Crippen LogP contribution in [-0.4, -0.2) is 53.2 Å². The number of nitrogens with one attached hydrogen (secondary N) is 1. The number of benzene rings is 1. The lowest BCUT2D eigenvalue weighted by molar-refractivity contribution is -0.136. The maximum atomic E-state index is 10.7. The fraction of sp³-hybridized carbons (Fsp3) is 0.500. The molecule has 0 spiro atoms. The van der Waals surface area contributed by atoms with Gasteiger partial charge in [-0.05, 0) is 0 Å². The van der Waals surface area contributed by atoms with E-state index in [-0.39, 0.29) is 13.1 Å². The van der Waals surface area contributed by atoms with E-state index in [1.807, 2.05) is 0 Å². The molecule has 0 fully saturated rings. The van der Waals surface area contributed by atoms with Crippen molar-refractivity contribution in [3.05, 3.63) is 5.56 Å². The van der Waals surface area contributed by atoms with Gasteiger partial charge in [0.25, 0.3) is 0 Å². The monoisotopic (exact) mass is 315 g/mol. The number of carbonyl (C=O) groups is 1. The third kappa shape index (κ3) is 3.45. The van der Waals surface area contributed by atoms with E-state index in [1.54, 1.807) is 0 Å². The van der Waals surface area contributed by atoms with Gasteiger partial charge in [0.05, 0.1) is 47.7 Å². The predicted octanol–water partition coefficient (Wildman–Crippen LogP) is 0.904. The van der Waals surface area contributed by atoms with Crippen molar-refractivity contribution >= 4 is 5.97 Å². The van der Waals surface area contributed by atoms with Gasteiger partial charge < -0.3 is 34.1 Å². The largest absolute Gasteiger partial charge is 0.492 e. The summed E-state index contributed by atoms with van der Waals surface area (Å²) >= 11 is 0. The zero-order valence-electron chi connectivity index (χ0n) is 13.3. The van der Waals surface area contributed by atoms with Crippen LogP contribution in [0, 0.1) is 0 Å². The summed E-state index contributed by atoms with van der Waals surface area (Å²) in [7, 11) is 7.37. The smallest absolute Gasteiger partial charge is 0.317 e. The summed E-state index contributed by atoms with van der Waals surface area (Å²) in [6.45, 7) is -0.0155. The van der Waals surface area contributed by atoms with Crippen LogP contribution in [0.2, 0.25) is 0 Å². The molecule has 0 radical (unpaired) electrons. The zero-order chi connectivity index (χ0) is 16.7. The normalized spacial score (nSPS) is 10.0. The SMILES string of the molecule is COc1c(CNCC(=O)O)c(OC)c(OC)c(OC)c1OC. The summed E-state index contributed by atoms with van der Waals surface area (Å²) in [6.07, 6.45) is 0. The highest BCUT2D eigenvalue weighted by Crippen LogP contribution is 2.53. The molecule has 0 atom stereocenters. The van der Waals surface area contributed by atoms with E-state index < -0.39 is 5.97 Å². The van der Waals surface area contributed by atoms with E-state index >= 15 is 0 Å². The van der Waals surface area contributed by atoms with Crippen LogP contribution < -0.4 is 29.0 Å². The number of carboxylic acids is 1. The minimum atomic E-state index is -0.967. The van der Waals surface area contributed by atoms with E-state index in [4.69, 9.17) is 28.8 Å². The van der Waals surface area contributed by atoms with Crippen molar-refractivity contribution in [1.29, 1.82) is 0 Å². The van der Waals surface area contributed by atoms with Crippen LogP contribution >= 0.6 is 0 Å². The summed E-state index contributed by atoms with van der Waals surface area (Å²) < 4.78 is 26.8. The highest BCUT2D eigenvalue weighted by molar-refractivity contribution is 5.71. The first-order valence-electron chi connectivity index (χ1n) is 6.40. The molecule has 1 aromatic rings. The second-order valence-corrected chi connectivity index (χ2v) is 4.14. The number of hydrogen-bond acceptors (Lipinski definition) is 7. The van der Waals surface area contributed by atoms with E-state index in [9.17, 15) is 4.79 Å². The van der Waals surface area contributed by atoms with Crippen molar-refractivity contribution in [1.82, 2.24) is 5.32 Å². The number of rotatable bonds is 9. The van der Waals surface area contributed by atoms with Crippen LogP contribution in [0.5, 0.6) is 28.7 Å². The third-order valence-electron chi connectivity index (χ3n) is 2.97. The van der Waals surface area contributed by atoms with Crippen LogP contribution in [-0.2, 0) is 11.3 Å². The molecule has 2 N–H and O–H groups in total. The van der Waals surface area contributed by atoms with Gasteiger partial charge in [0, 0.05) is 6.54 Å². The molecule has 8 nitrogen and oxygen atoms in total. The molecule has 0 saturated heterocycles. The Balaban J connectivity index is 3.46. The third-order valence-corrected chi connectivity index (χ3v) is 2.97. The lowest BCUT2D eigenvalue weighted by atomic mass is 10.1. The molecule has 22 heavy (non-hydrogen) atoms. The molecule has 0 heterocycles. The predicted molar refractivity (Wildman–Crippen MR) is 78.5 cm³/mol. The highest BCUT2D eigenvalue weighted by Gasteiger charge is 2.28. The van der Waals surface area contributed by atoms with Gasteiger partial charge in [-0.2, -0.15) is 0 Å².